The summed E-state index contributed by atoms with van der Waals surface area (Å²) in [7, 11) is 3.07. The van der Waals surface area contributed by atoms with Gasteiger partial charge in [0.05, 0.1) is 17.8 Å². The quantitative estimate of drug-likeness (QED) is 0.575. The van der Waals surface area contributed by atoms with Crippen molar-refractivity contribution in [2.75, 3.05) is 32.1 Å². The average Bonchev–Trinajstić information content (AvgIpc) is 3.39. The van der Waals surface area contributed by atoms with E-state index in [1.165, 1.54) is 31.4 Å². The van der Waals surface area contributed by atoms with Crippen LogP contribution in [0.15, 0.2) is 10.9 Å². The van der Waals surface area contributed by atoms with Crippen LogP contribution in [0.25, 0.3) is 23.2 Å². The minimum Gasteiger partial charge on any atom is -0.511 e. The lowest BCUT2D eigenvalue weighted by atomic mass is 10.1. The fourth-order valence-corrected chi connectivity index (χ4v) is 5.69. The molecule has 0 aromatic heterocycles. The number of fused-ring (bicyclic) bond motifs is 1. The molecule has 2 fully saturated rings. The van der Waals surface area contributed by atoms with Crippen molar-refractivity contribution in [1.29, 1.82) is 0 Å². The van der Waals surface area contributed by atoms with Gasteiger partial charge in [0.1, 0.15) is 20.6 Å². The highest BCUT2D eigenvalue weighted by Gasteiger charge is 2.31. The Morgan fingerprint density at radius 1 is 1.30 bits per heavy atom. The predicted molar refractivity (Wildman–Crippen MR) is 134 cm³/mol. The molecule has 5 rings (SSSR count). The number of aliphatic hydroxyl groups is 1. The van der Waals surface area contributed by atoms with Crippen LogP contribution in [0, 0.1) is 28.5 Å². The van der Waals surface area contributed by atoms with Crippen molar-refractivity contribution < 1.29 is 14.2 Å². The van der Waals surface area contributed by atoms with E-state index in [4.69, 9.17) is 4.74 Å². The number of anilines is 1. The molecule has 0 spiro atoms. The normalized spacial score (nSPS) is 16.2. The second-order valence-electron chi connectivity index (χ2n) is 7.94. The lowest BCUT2D eigenvalue weighted by molar-refractivity contribution is 0.413. The van der Waals surface area contributed by atoms with Gasteiger partial charge in [0.2, 0.25) is 5.43 Å². The first-order valence-corrected chi connectivity index (χ1v) is 11.7. The highest BCUT2D eigenvalue weighted by atomic mass is 32.1. The molecule has 0 amide bonds. The van der Waals surface area contributed by atoms with Crippen molar-refractivity contribution in [3.63, 3.8) is 0 Å². The molecule has 8 heteroatoms. The molecule has 3 N–H and O–H groups in total. The third kappa shape index (κ3) is 3.96. The van der Waals surface area contributed by atoms with E-state index in [0.717, 1.165) is 49.0 Å². The highest BCUT2D eigenvalue weighted by molar-refractivity contribution is 7.07. The molecule has 0 atom stereocenters. The van der Waals surface area contributed by atoms with Gasteiger partial charge >= 0.3 is 0 Å². The zero-order valence-electron chi connectivity index (χ0n) is 19.3. The summed E-state index contributed by atoms with van der Waals surface area (Å²) in [5.41, 5.74) is 5.54. The third-order valence-corrected chi connectivity index (χ3v) is 7.26. The average molecular weight is 472 g/mol. The minimum atomic E-state index is -0.351. The summed E-state index contributed by atoms with van der Waals surface area (Å²) in [6.45, 7) is 7.26. The van der Waals surface area contributed by atoms with Crippen molar-refractivity contribution in [3.05, 3.63) is 41.7 Å². The number of nitrogens with zero attached hydrogens (tertiary/aromatic N) is 2. The summed E-state index contributed by atoms with van der Waals surface area (Å²) < 4.78 is 24.3. The zero-order chi connectivity index (χ0) is 24.4. The van der Waals surface area contributed by atoms with Gasteiger partial charge in [-0.2, -0.15) is 0 Å². The fraction of sp³-hybridized carbons (Fsp3) is 0.400. The van der Waals surface area contributed by atoms with Crippen LogP contribution in [0.1, 0.15) is 38.6 Å². The molecule has 1 aromatic carbocycles. The van der Waals surface area contributed by atoms with Gasteiger partial charge in [0.15, 0.2) is 11.6 Å². The van der Waals surface area contributed by atoms with E-state index in [0.29, 0.717) is 31.8 Å². The van der Waals surface area contributed by atoms with Gasteiger partial charge in [-0.15, -0.1) is 24.2 Å². The van der Waals surface area contributed by atoms with Gasteiger partial charge in [0, 0.05) is 24.5 Å². The van der Waals surface area contributed by atoms with Crippen LogP contribution < -0.4 is 30.6 Å². The number of hydrogen-bond donors (Lipinski definition) is 2. The Labute approximate surface area is 196 Å². The van der Waals surface area contributed by atoms with Gasteiger partial charge < -0.3 is 25.0 Å². The van der Waals surface area contributed by atoms with E-state index < -0.39 is 0 Å². The topological polar surface area (TPSA) is 80.7 Å². The molecular weight excluding hydrogens is 441 g/mol. The standard InChI is InChI=1S/C22H23FN2O3S.C2H2.CH5N/c1-11-14-10-15(23)18(24-8-4-5-9-24)20(28-3)17(14)25(13-6-7-13)22-16(11)19(27)21(29-22)12(2)26;2*1-2/h10,13,26H,1,4-9H2,2-3H3;1-2H;2H2,1H3/b21-12+;;. The zero-order valence-corrected chi connectivity index (χ0v) is 20.1. The summed E-state index contributed by atoms with van der Waals surface area (Å²) >= 11 is 1.28. The summed E-state index contributed by atoms with van der Waals surface area (Å²) in [5.74, 6) is 0.154. The lowest BCUT2D eigenvalue weighted by Gasteiger charge is -2.24. The van der Waals surface area contributed by atoms with Gasteiger partial charge in [-0.3, -0.25) is 4.79 Å². The molecule has 1 saturated heterocycles. The molecule has 0 radical (unpaired) electrons. The SMILES string of the molecule is C#C.C=c1c2c(=O)/c(=C(/C)O)sc=2n(C2CC2)c2c(OC)c(N3CCCC3)c(F)cc12.CN. The van der Waals surface area contributed by atoms with E-state index >= 15 is 4.39 Å². The van der Waals surface area contributed by atoms with Crippen LogP contribution in [0.3, 0.4) is 0 Å². The number of nitrogens with two attached hydrogens (primary N) is 1. The summed E-state index contributed by atoms with van der Waals surface area (Å²) in [5, 5.41) is 11.6. The third-order valence-electron chi connectivity index (χ3n) is 5.98. The number of terminal acetylenes is 1. The Morgan fingerprint density at radius 2 is 1.91 bits per heavy atom. The van der Waals surface area contributed by atoms with Gasteiger partial charge in [-0.25, -0.2) is 4.39 Å². The second-order valence-corrected chi connectivity index (χ2v) is 8.94. The largest absolute Gasteiger partial charge is 0.511 e. The van der Waals surface area contributed by atoms with E-state index in [2.05, 4.69) is 29.7 Å². The van der Waals surface area contributed by atoms with E-state index in [-0.39, 0.29) is 23.0 Å². The maximum Gasteiger partial charge on any atom is 0.209 e. The van der Waals surface area contributed by atoms with Gasteiger partial charge in [-0.05, 0) is 50.9 Å². The Morgan fingerprint density at radius 3 is 2.42 bits per heavy atom. The number of hydrogen-bond acceptors (Lipinski definition) is 6. The molecule has 4 aliphatic rings. The van der Waals surface area contributed by atoms with Crippen LogP contribution in [0.5, 0.6) is 5.75 Å². The number of methoxy groups -OCH3 is 1. The molecular formula is C25H30FN3O3S. The first-order valence-electron chi connectivity index (χ1n) is 10.9. The van der Waals surface area contributed by atoms with Crippen molar-refractivity contribution in [2.45, 2.75) is 38.6 Å². The van der Waals surface area contributed by atoms with Gasteiger partial charge in [-0.1, -0.05) is 6.58 Å². The Balaban J connectivity index is 0.000000728. The van der Waals surface area contributed by atoms with Crippen LogP contribution in [-0.2, 0) is 0 Å². The van der Waals surface area contributed by atoms with E-state index in [9.17, 15) is 9.90 Å². The molecule has 3 aliphatic heterocycles. The Hall–Kier alpha value is -3.02. The molecule has 1 aromatic rings. The first kappa shape index (κ1) is 24.6. The van der Waals surface area contributed by atoms with E-state index in [1.54, 1.807) is 7.11 Å². The molecule has 1 saturated carbocycles. The fourth-order valence-electron chi connectivity index (χ4n) is 4.50. The molecule has 1 aliphatic carbocycles. The van der Waals surface area contributed by atoms with Crippen LogP contribution in [-0.4, -0.2) is 36.9 Å². The molecule has 0 bridgehead atoms. The summed E-state index contributed by atoms with van der Waals surface area (Å²) in [6, 6.07) is 1.73. The lowest BCUT2D eigenvalue weighted by Crippen LogP contribution is -2.26. The smallest absolute Gasteiger partial charge is 0.209 e. The van der Waals surface area contributed by atoms with Crippen molar-refractivity contribution >= 4 is 40.3 Å². The molecule has 33 heavy (non-hydrogen) atoms. The Bertz CT molecular complexity index is 1430. The second kappa shape index (κ2) is 9.86. The Kier molecular flexibility index (Phi) is 7.35. The van der Waals surface area contributed by atoms with Crippen LogP contribution in [0.4, 0.5) is 10.1 Å². The number of rotatable bonds is 3. The van der Waals surface area contributed by atoms with Crippen LogP contribution in [0.2, 0.25) is 0 Å². The van der Waals surface area contributed by atoms with Crippen LogP contribution >= 0.6 is 11.3 Å². The first-order chi connectivity index (χ1) is 15.9. The molecule has 3 heterocycles. The molecule has 6 nitrogen and oxygen atoms in total. The van der Waals surface area contributed by atoms with Gasteiger partial charge in [0.25, 0.3) is 0 Å². The van der Waals surface area contributed by atoms with Crippen molar-refractivity contribution in [3.8, 4) is 18.6 Å². The van der Waals surface area contributed by atoms with E-state index in [1.807, 2.05) is 4.90 Å². The molecule has 176 valence electrons. The number of halogens is 1. The predicted octanol–water partition coefficient (Wildman–Crippen LogP) is 2.79. The number of ether oxygens (including phenoxy) is 1. The summed E-state index contributed by atoms with van der Waals surface area (Å²) in [6.07, 6.45) is 12.0. The summed E-state index contributed by atoms with van der Waals surface area (Å²) in [4.78, 5) is 15.0. The maximum absolute atomic E-state index is 15.3. The van der Waals surface area contributed by atoms with Crippen molar-refractivity contribution in [2.24, 2.45) is 5.73 Å². The highest BCUT2D eigenvalue weighted by Crippen LogP contribution is 2.44. The molecule has 0 unspecified atom stereocenters. The minimum absolute atomic E-state index is 0.00194. The number of benzene rings is 1. The monoisotopic (exact) mass is 471 g/mol. The number of aliphatic hydroxyl groups excluding tert-OH is 1. The van der Waals surface area contributed by atoms with Crippen molar-refractivity contribution in [1.82, 2.24) is 4.57 Å². The maximum atomic E-state index is 15.3. The number of aromatic nitrogens is 1.